The van der Waals surface area contributed by atoms with Crippen molar-refractivity contribution in [2.75, 3.05) is 18.6 Å². The van der Waals surface area contributed by atoms with Crippen LogP contribution in [-0.4, -0.2) is 24.1 Å². The number of methoxy groups -OCH3 is 1. The monoisotopic (exact) mass is 542 g/mol. The highest BCUT2D eigenvalue weighted by molar-refractivity contribution is 5.97. The van der Waals surface area contributed by atoms with Crippen LogP contribution in [0.3, 0.4) is 0 Å². The van der Waals surface area contributed by atoms with E-state index in [9.17, 15) is 4.79 Å². The number of aryl methyl sites for hydroxylation is 2. The molecule has 2 aliphatic rings. The van der Waals surface area contributed by atoms with Gasteiger partial charge in [0.15, 0.2) is 11.0 Å². The largest absolute Gasteiger partial charge is 0.495 e. The van der Waals surface area contributed by atoms with Crippen molar-refractivity contribution in [3.05, 3.63) is 125 Å². The average molecular weight is 543 g/mol. The molecule has 1 amide bonds. The molecule has 0 spiro atoms. The summed E-state index contributed by atoms with van der Waals surface area (Å²) in [5.74, 6) is 2.76. The second-order valence-corrected chi connectivity index (χ2v) is 11.6. The Morgan fingerprint density at radius 1 is 0.902 bits per heavy atom. The van der Waals surface area contributed by atoms with Crippen molar-refractivity contribution >= 4 is 22.6 Å². The Hall–Kier alpha value is -4.38. The maximum absolute atomic E-state index is 14.1. The molecule has 1 aromatic heterocycles. The van der Waals surface area contributed by atoms with Gasteiger partial charge in [0.05, 0.1) is 25.8 Å². The highest BCUT2D eigenvalue weighted by atomic mass is 16.5. The number of benzene rings is 4. The summed E-state index contributed by atoms with van der Waals surface area (Å²) in [4.78, 5) is 16.1. The predicted octanol–water partition coefficient (Wildman–Crippen LogP) is 6.34. The van der Waals surface area contributed by atoms with Crippen molar-refractivity contribution in [1.29, 1.82) is 0 Å². The van der Waals surface area contributed by atoms with E-state index in [2.05, 4.69) is 108 Å². The number of carbonyl (C=O) groups excluding carboxylic acids is 1. The number of carbonyl (C=O) groups is 1. The van der Waals surface area contributed by atoms with E-state index in [0.29, 0.717) is 31.3 Å². The summed E-state index contributed by atoms with van der Waals surface area (Å²) in [6.45, 7) is 6.42. The molecule has 2 heterocycles. The third-order valence-electron chi connectivity index (χ3n) is 9.17. The van der Waals surface area contributed by atoms with Crippen LogP contribution in [0.4, 0.5) is 5.69 Å². The molecular formula is C36H36N3O2+. The smallest absolute Gasteiger partial charge is 0.254 e. The molecule has 0 bridgehead atoms. The van der Waals surface area contributed by atoms with Crippen molar-refractivity contribution in [3.63, 3.8) is 0 Å². The van der Waals surface area contributed by atoms with Crippen LogP contribution in [-0.2, 0) is 24.3 Å². The number of para-hydroxylation sites is 3. The standard InChI is InChI=1S/C36H36N3O2/c1-24-15-17-26(18-16-24)22-38-25(2)37(31-12-6-7-13-32(31)38)20-19-34(40)39-23-28-21-27-9-4-5-10-29(27)35(28)30-11-8-14-33(41-3)36(30)39/h4-18,28,35H,19-23H2,1-3H3/q+1/t28-,35+/m0/s1. The van der Waals surface area contributed by atoms with E-state index in [1.807, 2.05) is 11.0 Å². The predicted molar refractivity (Wildman–Crippen MR) is 163 cm³/mol. The molecular weight excluding hydrogens is 506 g/mol. The number of anilines is 1. The second kappa shape index (κ2) is 10.2. The van der Waals surface area contributed by atoms with Crippen molar-refractivity contribution in [2.24, 2.45) is 5.92 Å². The van der Waals surface area contributed by atoms with Crippen LogP contribution in [0.5, 0.6) is 5.75 Å². The summed E-state index contributed by atoms with van der Waals surface area (Å²) < 4.78 is 10.5. The SMILES string of the molecule is COc1cccc2c1N(C(=O)CCn1c(C)[n+](Cc3ccc(C)cc3)c3ccccc31)C[C@@H]1Cc3ccccc3[C@H]21. The Kier molecular flexibility index (Phi) is 6.38. The molecule has 0 saturated carbocycles. The number of ether oxygens (including phenoxy) is 1. The van der Waals surface area contributed by atoms with Gasteiger partial charge in [0.1, 0.15) is 12.3 Å². The molecule has 7 rings (SSSR count). The minimum atomic E-state index is 0.146. The van der Waals surface area contributed by atoms with Gasteiger partial charge in [-0.2, -0.15) is 0 Å². The first-order chi connectivity index (χ1) is 20.0. The number of hydrogen-bond donors (Lipinski definition) is 0. The van der Waals surface area contributed by atoms with Gasteiger partial charge < -0.3 is 9.64 Å². The summed E-state index contributed by atoms with van der Waals surface area (Å²) in [5, 5.41) is 0. The highest BCUT2D eigenvalue weighted by Gasteiger charge is 2.42. The zero-order chi connectivity index (χ0) is 28.1. The zero-order valence-electron chi connectivity index (χ0n) is 24.0. The van der Waals surface area contributed by atoms with E-state index in [1.165, 1.54) is 33.3 Å². The second-order valence-electron chi connectivity index (χ2n) is 11.6. The molecule has 5 aromatic rings. The number of hydrogen-bond acceptors (Lipinski definition) is 2. The van der Waals surface area contributed by atoms with Crippen molar-refractivity contribution in [3.8, 4) is 5.75 Å². The third kappa shape index (κ3) is 4.31. The Morgan fingerprint density at radius 2 is 1.66 bits per heavy atom. The molecule has 0 radical (unpaired) electrons. The zero-order valence-corrected chi connectivity index (χ0v) is 24.0. The molecule has 0 unspecified atom stereocenters. The number of amides is 1. The van der Waals surface area contributed by atoms with Gasteiger partial charge in [0, 0.05) is 19.4 Å². The fourth-order valence-electron chi connectivity index (χ4n) is 7.18. The van der Waals surface area contributed by atoms with E-state index < -0.39 is 0 Å². The molecule has 5 nitrogen and oxygen atoms in total. The van der Waals surface area contributed by atoms with Crippen LogP contribution in [0, 0.1) is 19.8 Å². The van der Waals surface area contributed by atoms with Crippen molar-refractivity contribution < 1.29 is 14.1 Å². The molecule has 206 valence electrons. The molecule has 5 heteroatoms. The summed E-state index contributed by atoms with van der Waals surface area (Å²) in [6.07, 6.45) is 1.42. The summed E-state index contributed by atoms with van der Waals surface area (Å²) in [5.41, 5.74) is 9.83. The maximum atomic E-state index is 14.1. The molecule has 0 fully saturated rings. The Bertz CT molecular complexity index is 1770. The summed E-state index contributed by atoms with van der Waals surface area (Å²) in [7, 11) is 1.70. The minimum Gasteiger partial charge on any atom is -0.495 e. The number of nitrogens with zero attached hydrogens (tertiary/aromatic N) is 3. The third-order valence-corrected chi connectivity index (χ3v) is 9.17. The Labute approximate surface area is 241 Å². The Balaban J connectivity index is 1.20. The van der Waals surface area contributed by atoms with Crippen LogP contribution in [0.2, 0.25) is 0 Å². The van der Waals surface area contributed by atoms with Gasteiger partial charge in [-0.1, -0.05) is 78.4 Å². The van der Waals surface area contributed by atoms with Gasteiger partial charge >= 0.3 is 0 Å². The number of fused-ring (bicyclic) bond motifs is 6. The maximum Gasteiger partial charge on any atom is 0.254 e. The molecule has 4 aromatic carbocycles. The molecule has 41 heavy (non-hydrogen) atoms. The molecule has 2 atom stereocenters. The fourth-order valence-corrected chi connectivity index (χ4v) is 7.18. The van der Waals surface area contributed by atoms with E-state index in [4.69, 9.17) is 4.74 Å². The van der Waals surface area contributed by atoms with Gasteiger partial charge in [-0.05, 0) is 59.7 Å². The quantitative estimate of drug-likeness (QED) is 0.235. The fraction of sp³-hybridized carbons (Fsp3) is 0.278. The van der Waals surface area contributed by atoms with Gasteiger partial charge in [0.2, 0.25) is 5.91 Å². The van der Waals surface area contributed by atoms with Crippen LogP contribution >= 0.6 is 0 Å². The van der Waals surface area contributed by atoms with Gasteiger partial charge in [-0.15, -0.1) is 0 Å². The van der Waals surface area contributed by atoms with Gasteiger partial charge in [-0.3, -0.25) is 4.79 Å². The topological polar surface area (TPSA) is 38.4 Å². The Morgan fingerprint density at radius 3 is 2.49 bits per heavy atom. The van der Waals surface area contributed by atoms with E-state index in [0.717, 1.165) is 35.7 Å². The van der Waals surface area contributed by atoms with Gasteiger partial charge in [0.25, 0.3) is 5.82 Å². The first kappa shape index (κ1) is 25.6. The lowest BCUT2D eigenvalue weighted by Gasteiger charge is -2.38. The summed E-state index contributed by atoms with van der Waals surface area (Å²) in [6, 6.07) is 32.2. The number of imidazole rings is 1. The lowest BCUT2D eigenvalue weighted by Crippen LogP contribution is -2.42. The van der Waals surface area contributed by atoms with E-state index in [-0.39, 0.29) is 5.91 Å². The van der Waals surface area contributed by atoms with Crippen molar-refractivity contribution in [2.45, 2.75) is 45.7 Å². The van der Waals surface area contributed by atoms with E-state index >= 15 is 0 Å². The number of aromatic nitrogens is 2. The van der Waals surface area contributed by atoms with Crippen LogP contribution in [0.25, 0.3) is 11.0 Å². The van der Waals surface area contributed by atoms with Crippen LogP contribution in [0.15, 0.2) is 91.0 Å². The van der Waals surface area contributed by atoms with E-state index in [1.54, 1.807) is 7.11 Å². The number of rotatable bonds is 6. The molecule has 0 N–H and O–H groups in total. The summed E-state index contributed by atoms with van der Waals surface area (Å²) >= 11 is 0. The van der Waals surface area contributed by atoms with Crippen LogP contribution < -0.4 is 14.2 Å². The first-order valence-corrected chi connectivity index (χ1v) is 14.6. The molecule has 1 aliphatic carbocycles. The average Bonchev–Trinajstić information content (AvgIpc) is 3.51. The van der Waals surface area contributed by atoms with Crippen LogP contribution in [0.1, 0.15) is 46.0 Å². The molecule has 0 saturated heterocycles. The highest BCUT2D eigenvalue weighted by Crippen LogP contribution is 2.51. The van der Waals surface area contributed by atoms with Gasteiger partial charge in [-0.25, -0.2) is 9.13 Å². The normalized spacial score (nSPS) is 17.3. The lowest BCUT2D eigenvalue weighted by molar-refractivity contribution is -0.669. The molecule has 1 aliphatic heterocycles. The minimum absolute atomic E-state index is 0.146. The first-order valence-electron chi connectivity index (χ1n) is 14.6. The lowest BCUT2D eigenvalue weighted by atomic mass is 9.81. The van der Waals surface area contributed by atoms with Crippen molar-refractivity contribution in [1.82, 2.24) is 4.57 Å².